The zero-order valence-corrected chi connectivity index (χ0v) is 9.19. The highest BCUT2D eigenvalue weighted by Crippen LogP contribution is 2.07. The fourth-order valence-electron chi connectivity index (χ4n) is 1.42. The molecule has 6 nitrogen and oxygen atoms in total. The van der Waals surface area contributed by atoms with Crippen LogP contribution in [0.5, 0.6) is 0 Å². The van der Waals surface area contributed by atoms with Gasteiger partial charge in [-0.2, -0.15) is 10.2 Å². The second-order valence-corrected chi connectivity index (χ2v) is 3.42. The molecule has 2 rings (SSSR count). The van der Waals surface area contributed by atoms with Crippen LogP contribution in [0.2, 0.25) is 0 Å². The first-order chi connectivity index (χ1) is 7.70. The zero-order chi connectivity index (χ0) is 11.5. The predicted molar refractivity (Wildman–Crippen MR) is 59.1 cm³/mol. The normalized spacial score (nSPS) is 10.4. The number of aromatic amines is 1. The van der Waals surface area contributed by atoms with E-state index >= 15 is 0 Å². The third-order valence-electron chi connectivity index (χ3n) is 2.27. The number of carbonyl (C=O) groups excluding carboxylic acids is 1. The van der Waals surface area contributed by atoms with Gasteiger partial charge in [0.1, 0.15) is 11.5 Å². The van der Waals surface area contributed by atoms with E-state index in [4.69, 9.17) is 0 Å². The quantitative estimate of drug-likeness (QED) is 0.807. The monoisotopic (exact) mass is 219 g/mol. The van der Waals surface area contributed by atoms with Crippen molar-refractivity contribution >= 4 is 11.7 Å². The van der Waals surface area contributed by atoms with Crippen LogP contribution in [0, 0.1) is 0 Å². The van der Waals surface area contributed by atoms with Gasteiger partial charge in [0.05, 0.1) is 11.9 Å². The van der Waals surface area contributed by atoms with Gasteiger partial charge in [0.25, 0.3) is 5.91 Å². The number of nitrogens with zero attached hydrogens (tertiary/aromatic N) is 3. The van der Waals surface area contributed by atoms with E-state index < -0.39 is 0 Å². The zero-order valence-electron chi connectivity index (χ0n) is 9.19. The van der Waals surface area contributed by atoms with Crippen LogP contribution in [0.4, 0.5) is 5.82 Å². The van der Waals surface area contributed by atoms with Crippen molar-refractivity contribution in [3.63, 3.8) is 0 Å². The molecule has 0 aliphatic carbocycles. The third-order valence-corrected chi connectivity index (χ3v) is 2.27. The number of aromatic nitrogens is 4. The average Bonchev–Trinajstić information content (AvgIpc) is 2.87. The summed E-state index contributed by atoms with van der Waals surface area (Å²) in [5, 5.41) is 13.3. The van der Waals surface area contributed by atoms with E-state index in [0.717, 1.165) is 12.1 Å². The van der Waals surface area contributed by atoms with Gasteiger partial charge >= 0.3 is 0 Å². The lowest BCUT2D eigenvalue weighted by Crippen LogP contribution is -2.16. The number of anilines is 1. The second-order valence-electron chi connectivity index (χ2n) is 3.42. The maximum atomic E-state index is 11.8. The minimum absolute atomic E-state index is 0.195. The number of hydrogen-bond acceptors (Lipinski definition) is 3. The minimum atomic E-state index is -0.195. The van der Waals surface area contributed by atoms with E-state index in [-0.39, 0.29) is 5.91 Å². The molecule has 0 fully saturated rings. The Bertz CT molecular complexity index is 485. The molecule has 2 N–H and O–H groups in total. The maximum absolute atomic E-state index is 11.8. The Morgan fingerprint density at radius 2 is 2.44 bits per heavy atom. The molecule has 0 aliphatic heterocycles. The van der Waals surface area contributed by atoms with E-state index in [1.807, 2.05) is 6.92 Å². The molecule has 0 saturated carbocycles. The number of hydrogen-bond donors (Lipinski definition) is 2. The van der Waals surface area contributed by atoms with Gasteiger partial charge in [-0.15, -0.1) is 0 Å². The van der Waals surface area contributed by atoms with Crippen molar-refractivity contribution in [2.75, 3.05) is 5.32 Å². The molecular formula is C10H13N5O. The van der Waals surface area contributed by atoms with Gasteiger partial charge in [0, 0.05) is 13.1 Å². The van der Waals surface area contributed by atoms with E-state index in [2.05, 4.69) is 20.6 Å². The summed E-state index contributed by atoms with van der Waals surface area (Å²) in [7, 11) is 1.75. The molecule has 0 aliphatic rings. The summed E-state index contributed by atoms with van der Waals surface area (Å²) in [6.45, 7) is 2.00. The Balaban J connectivity index is 2.17. The van der Waals surface area contributed by atoms with Gasteiger partial charge < -0.3 is 5.32 Å². The number of nitrogens with one attached hydrogen (secondary N) is 2. The van der Waals surface area contributed by atoms with Crippen molar-refractivity contribution in [2.24, 2.45) is 7.05 Å². The molecule has 0 spiro atoms. The molecule has 0 aromatic carbocycles. The van der Waals surface area contributed by atoms with Crippen molar-refractivity contribution < 1.29 is 4.79 Å². The van der Waals surface area contributed by atoms with E-state index in [0.29, 0.717) is 11.5 Å². The summed E-state index contributed by atoms with van der Waals surface area (Å²) < 4.78 is 1.57. The number of rotatable bonds is 3. The predicted octanol–water partition coefficient (Wildman–Crippen LogP) is 0.958. The highest BCUT2D eigenvalue weighted by molar-refractivity contribution is 6.02. The van der Waals surface area contributed by atoms with E-state index in [1.54, 1.807) is 30.1 Å². The molecule has 2 aromatic rings. The van der Waals surface area contributed by atoms with Gasteiger partial charge in [-0.05, 0) is 12.5 Å². The first-order valence-electron chi connectivity index (χ1n) is 5.04. The Hall–Kier alpha value is -2.11. The maximum Gasteiger partial charge on any atom is 0.275 e. The van der Waals surface area contributed by atoms with Gasteiger partial charge in [-0.1, -0.05) is 6.92 Å². The molecule has 0 unspecified atom stereocenters. The number of carbonyl (C=O) groups is 1. The molecule has 2 aromatic heterocycles. The van der Waals surface area contributed by atoms with E-state index in [9.17, 15) is 4.79 Å². The highest BCUT2D eigenvalue weighted by atomic mass is 16.2. The summed E-state index contributed by atoms with van der Waals surface area (Å²) in [6, 6.07) is 3.47. The summed E-state index contributed by atoms with van der Waals surface area (Å²) >= 11 is 0. The largest absolute Gasteiger partial charge is 0.306 e. The lowest BCUT2D eigenvalue weighted by atomic mass is 10.3. The van der Waals surface area contributed by atoms with Crippen LogP contribution < -0.4 is 5.32 Å². The number of aryl methyl sites for hydroxylation is 2. The summed E-state index contributed by atoms with van der Waals surface area (Å²) in [6.07, 6.45) is 2.39. The van der Waals surface area contributed by atoms with Crippen LogP contribution in [0.3, 0.4) is 0 Å². The van der Waals surface area contributed by atoms with Gasteiger partial charge in [-0.3, -0.25) is 14.6 Å². The van der Waals surface area contributed by atoms with Crippen molar-refractivity contribution in [3.8, 4) is 0 Å². The van der Waals surface area contributed by atoms with Crippen molar-refractivity contribution in [1.29, 1.82) is 0 Å². The molecule has 0 saturated heterocycles. The van der Waals surface area contributed by atoms with Gasteiger partial charge in [-0.25, -0.2) is 0 Å². The van der Waals surface area contributed by atoms with Crippen LogP contribution in [0.15, 0.2) is 18.3 Å². The molecule has 0 radical (unpaired) electrons. The van der Waals surface area contributed by atoms with Gasteiger partial charge in [0.15, 0.2) is 0 Å². The molecule has 0 atom stereocenters. The molecule has 6 heteroatoms. The SMILES string of the molecule is CCc1cc(C(=O)Nc2ccn[nH]2)n(C)n1. The molecule has 84 valence electrons. The molecule has 0 bridgehead atoms. The Morgan fingerprint density at radius 1 is 1.62 bits per heavy atom. The molecule has 2 heterocycles. The van der Waals surface area contributed by atoms with Crippen LogP contribution in [-0.2, 0) is 13.5 Å². The fraction of sp³-hybridized carbons (Fsp3) is 0.300. The summed E-state index contributed by atoms with van der Waals surface area (Å²) in [5.41, 5.74) is 1.43. The standard InChI is InChI=1S/C10H13N5O/c1-3-7-6-8(15(2)14-7)10(16)12-9-4-5-11-13-9/h4-6H,3H2,1-2H3,(H2,11,12,13,16). The minimum Gasteiger partial charge on any atom is -0.306 e. The molecular weight excluding hydrogens is 206 g/mol. The van der Waals surface area contributed by atoms with Crippen LogP contribution >= 0.6 is 0 Å². The average molecular weight is 219 g/mol. The topological polar surface area (TPSA) is 75.6 Å². The molecule has 16 heavy (non-hydrogen) atoms. The van der Waals surface area contributed by atoms with Crippen molar-refractivity contribution in [1.82, 2.24) is 20.0 Å². The number of H-pyrrole nitrogens is 1. The summed E-state index contributed by atoms with van der Waals surface area (Å²) in [5.74, 6) is 0.378. The van der Waals surface area contributed by atoms with Gasteiger partial charge in [0.2, 0.25) is 0 Å². The highest BCUT2D eigenvalue weighted by Gasteiger charge is 2.12. The smallest absolute Gasteiger partial charge is 0.275 e. The van der Waals surface area contributed by atoms with E-state index in [1.165, 1.54) is 0 Å². The Labute approximate surface area is 92.7 Å². The van der Waals surface area contributed by atoms with Crippen LogP contribution in [0.1, 0.15) is 23.1 Å². The first kappa shape index (κ1) is 10.4. The lowest BCUT2D eigenvalue weighted by Gasteiger charge is -2.01. The second kappa shape index (κ2) is 4.18. The van der Waals surface area contributed by atoms with Crippen molar-refractivity contribution in [3.05, 3.63) is 29.7 Å². The lowest BCUT2D eigenvalue weighted by molar-refractivity contribution is 0.101. The number of amides is 1. The van der Waals surface area contributed by atoms with Crippen molar-refractivity contribution in [2.45, 2.75) is 13.3 Å². The Kier molecular flexibility index (Phi) is 2.72. The first-order valence-corrected chi connectivity index (χ1v) is 5.04. The summed E-state index contributed by atoms with van der Waals surface area (Å²) in [4.78, 5) is 11.8. The molecule has 1 amide bonds. The Morgan fingerprint density at radius 3 is 3.00 bits per heavy atom. The fourth-order valence-corrected chi connectivity index (χ4v) is 1.42. The van der Waals surface area contributed by atoms with Crippen LogP contribution in [0.25, 0.3) is 0 Å². The van der Waals surface area contributed by atoms with Crippen LogP contribution in [-0.4, -0.2) is 25.9 Å². The third kappa shape index (κ3) is 1.95.